The molecule has 106 valence electrons. The van der Waals surface area contributed by atoms with E-state index in [1.165, 1.54) is 7.11 Å². The van der Waals surface area contributed by atoms with E-state index in [9.17, 15) is 15.0 Å². The predicted octanol–water partition coefficient (Wildman–Crippen LogP) is 1.06. The van der Waals surface area contributed by atoms with Crippen molar-refractivity contribution in [3.8, 4) is 0 Å². The minimum Gasteiger partial charge on any atom is -0.469 e. The molecule has 0 spiro atoms. The summed E-state index contributed by atoms with van der Waals surface area (Å²) in [6.07, 6.45) is 1.08. The number of ether oxygens (including phenoxy) is 1. The Bertz CT molecular complexity index is 398. The molecule has 1 aromatic carbocycles. The van der Waals surface area contributed by atoms with Crippen molar-refractivity contribution in [1.29, 1.82) is 0 Å². The van der Waals surface area contributed by atoms with Crippen LogP contribution in [0.4, 0.5) is 5.69 Å². The monoisotopic (exact) mass is 267 g/mol. The number of carbonyl (C=O) groups excluding carboxylic acids is 1. The summed E-state index contributed by atoms with van der Waals surface area (Å²) in [7, 11) is 3.29. The zero-order chi connectivity index (χ0) is 14.3. The maximum atomic E-state index is 11.0. The fraction of sp³-hybridized carbons (Fsp3) is 0.500. The van der Waals surface area contributed by atoms with Gasteiger partial charge in [0.25, 0.3) is 0 Å². The first-order valence-corrected chi connectivity index (χ1v) is 6.23. The first-order valence-electron chi connectivity index (χ1n) is 6.23. The Labute approximate surface area is 113 Å². The van der Waals surface area contributed by atoms with Gasteiger partial charge in [-0.15, -0.1) is 0 Å². The van der Waals surface area contributed by atoms with Crippen molar-refractivity contribution in [1.82, 2.24) is 0 Å². The van der Waals surface area contributed by atoms with E-state index < -0.39 is 0 Å². The maximum absolute atomic E-state index is 11.0. The van der Waals surface area contributed by atoms with Crippen LogP contribution in [0.3, 0.4) is 0 Å². The van der Waals surface area contributed by atoms with E-state index in [1.54, 1.807) is 6.07 Å². The van der Waals surface area contributed by atoms with Crippen LogP contribution in [0, 0.1) is 0 Å². The Balaban J connectivity index is 2.65. The van der Waals surface area contributed by atoms with Gasteiger partial charge in [0.2, 0.25) is 0 Å². The highest BCUT2D eigenvalue weighted by Crippen LogP contribution is 2.19. The van der Waals surface area contributed by atoms with Gasteiger partial charge in [-0.25, -0.2) is 0 Å². The van der Waals surface area contributed by atoms with E-state index in [0.717, 1.165) is 16.8 Å². The largest absolute Gasteiger partial charge is 0.469 e. The molecule has 0 heterocycles. The Kier molecular flexibility index (Phi) is 6.32. The molecule has 1 rings (SSSR count). The zero-order valence-corrected chi connectivity index (χ0v) is 11.4. The number of methoxy groups -OCH3 is 1. The van der Waals surface area contributed by atoms with Crippen LogP contribution in [0.5, 0.6) is 0 Å². The molecule has 0 saturated carbocycles. The van der Waals surface area contributed by atoms with Crippen LogP contribution < -0.4 is 4.90 Å². The molecular weight excluding hydrogens is 246 g/mol. The zero-order valence-electron chi connectivity index (χ0n) is 11.4. The number of rotatable bonds is 7. The second-order valence-corrected chi connectivity index (χ2v) is 4.43. The van der Waals surface area contributed by atoms with Crippen LogP contribution in [0.25, 0.3) is 0 Å². The van der Waals surface area contributed by atoms with Crippen molar-refractivity contribution < 1.29 is 19.7 Å². The highest BCUT2D eigenvalue weighted by molar-refractivity contribution is 5.69. The van der Waals surface area contributed by atoms with Crippen molar-refractivity contribution in [2.75, 3.05) is 25.6 Å². The average Bonchev–Trinajstić information content (AvgIpc) is 2.46. The minimum absolute atomic E-state index is 0.0587. The molecule has 0 aliphatic heterocycles. The molecule has 1 aromatic rings. The van der Waals surface area contributed by atoms with Gasteiger partial charge in [0, 0.05) is 25.7 Å². The molecule has 0 saturated heterocycles. The first kappa shape index (κ1) is 15.5. The van der Waals surface area contributed by atoms with Crippen LogP contribution in [-0.2, 0) is 22.7 Å². The molecular formula is C14H21NO4. The number of aliphatic hydroxyl groups excluding tert-OH is 2. The third kappa shape index (κ3) is 4.89. The number of hydrogen-bond acceptors (Lipinski definition) is 5. The number of anilines is 1. The summed E-state index contributed by atoms with van der Waals surface area (Å²) in [6.45, 7) is 0.586. The molecule has 0 fully saturated rings. The van der Waals surface area contributed by atoms with Crippen molar-refractivity contribution in [2.24, 2.45) is 0 Å². The number of benzene rings is 1. The maximum Gasteiger partial charge on any atom is 0.305 e. The molecule has 0 aromatic heterocycles. The van der Waals surface area contributed by atoms with Gasteiger partial charge in [-0.3, -0.25) is 4.79 Å². The van der Waals surface area contributed by atoms with Gasteiger partial charge in [0.15, 0.2) is 0 Å². The van der Waals surface area contributed by atoms with Crippen molar-refractivity contribution in [3.05, 3.63) is 29.3 Å². The van der Waals surface area contributed by atoms with Crippen LogP contribution >= 0.6 is 0 Å². The van der Waals surface area contributed by atoms with Gasteiger partial charge >= 0.3 is 5.97 Å². The lowest BCUT2D eigenvalue weighted by atomic mass is 10.1. The van der Waals surface area contributed by atoms with E-state index in [2.05, 4.69) is 4.74 Å². The number of carbonyl (C=O) groups is 1. The van der Waals surface area contributed by atoms with Crippen molar-refractivity contribution in [2.45, 2.75) is 26.1 Å². The lowest BCUT2D eigenvalue weighted by molar-refractivity contribution is -0.140. The SMILES string of the molecule is COC(=O)CCCN(C)c1cc(CO)cc(CO)c1. The summed E-state index contributed by atoms with van der Waals surface area (Å²) in [6, 6.07) is 5.51. The second-order valence-electron chi connectivity index (χ2n) is 4.43. The second kappa shape index (κ2) is 7.76. The van der Waals surface area contributed by atoms with Gasteiger partial charge in [-0.05, 0) is 29.7 Å². The average molecular weight is 267 g/mol. The van der Waals surface area contributed by atoms with E-state index in [4.69, 9.17) is 0 Å². The molecule has 0 radical (unpaired) electrons. The standard InChI is InChI=1S/C14H21NO4/c1-15(5-3-4-14(18)19-2)13-7-11(9-16)6-12(8-13)10-17/h6-8,16-17H,3-5,9-10H2,1-2H3. The predicted molar refractivity (Wildman–Crippen MR) is 72.8 cm³/mol. The fourth-order valence-corrected chi connectivity index (χ4v) is 1.84. The number of nitrogens with zero attached hydrogens (tertiary/aromatic N) is 1. The van der Waals surface area contributed by atoms with Crippen LogP contribution in [0.15, 0.2) is 18.2 Å². The summed E-state index contributed by atoms with van der Waals surface area (Å²) in [5, 5.41) is 18.4. The van der Waals surface area contributed by atoms with Crippen LogP contribution in [0.1, 0.15) is 24.0 Å². The molecule has 0 aliphatic carbocycles. The summed E-state index contributed by atoms with van der Waals surface area (Å²) >= 11 is 0. The molecule has 2 N–H and O–H groups in total. The molecule has 0 atom stereocenters. The molecule has 0 unspecified atom stereocenters. The first-order chi connectivity index (χ1) is 9.10. The molecule has 0 bridgehead atoms. The Morgan fingerprint density at radius 3 is 2.26 bits per heavy atom. The summed E-state index contributed by atoms with van der Waals surface area (Å²) in [5.41, 5.74) is 2.45. The summed E-state index contributed by atoms with van der Waals surface area (Å²) in [4.78, 5) is 13.0. The fourth-order valence-electron chi connectivity index (χ4n) is 1.84. The Hall–Kier alpha value is -1.59. The molecule has 0 aliphatic rings. The van der Waals surface area contributed by atoms with E-state index >= 15 is 0 Å². The molecule has 5 nitrogen and oxygen atoms in total. The number of esters is 1. The molecule has 19 heavy (non-hydrogen) atoms. The van der Waals surface area contributed by atoms with Gasteiger partial charge in [0.1, 0.15) is 0 Å². The summed E-state index contributed by atoms with van der Waals surface area (Å²) < 4.78 is 4.59. The normalized spacial score (nSPS) is 10.3. The quantitative estimate of drug-likeness (QED) is 0.723. The molecule has 5 heteroatoms. The van der Waals surface area contributed by atoms with Gasteiger partial charge in [0.05, 0.1) is 20.3 Å². The highest BCUT2D eigenvalue weighted by Gasteiger charge is 2.06. The Morgan fingerprint density at radius 1 is 1.21 bits per heavy atom. The van der Waals surface area contributed by atoms with Gasteiger partial charge in [-0.2, -0.15) is 0 Å². The topological polar surface area (TPSA) is 70.0 Å². The summed E-state index contributed by atoms with van der Waals surface area (Å²) in [5.74, 6) is -0.214. The van der Waals surface area contributed by atoms with E-state index in [1.807, 2.05) is 24.1 Å². The van der Waals surface area contributed by atoms with Crippen molar-refractivity contribution in [3.63, 3.8) is 0 Å². The minimum atomic E-state index is -0.214. The van der Waals surface area contributed by atoms with Crippen molar-refractivity contribution >= 4 is 11.7 Å². The third-order valence-corrected chi connectivity index (χ3v) is 2.95. The van der Waals surface area contributed by atoms with E-state index in [0.29, 0.717) is 19.4 Å². The Morgan fingerprint density at radius 2 is 1.79 bits per heavy atom. The van der Waals surface area contributed by atoms with Gasteiger partial charge in [-0.1, -0.05) is 6.07 Å². The molecule has 0 amide bonds. The lowest BCUT2D eigenvalue weighted by Crippen LogP contribution is -2.20. The number of aliphatic hydroxyl groups is 2. The van der Waals surface area contributed by atoms with E-state index in [-0.39, 0.29) is 19.2 Å². The van der Waals surface area contributed by atoms with Gasteiger partial charge < -0.3 is 19.8 Å². The smallest absolute Gasteiger partial charge is 0.305 e. The third-order valence-electron chi connectivity index (χ3n) is 2.95. The lowest BCUT2D eigenvalue weighted by Gasteiger charge is -2.20. The van der Waals surface area contributed by atoms with Crippen LogP contribution in [-0.4, -0.2) is 36.9 Å². The van der Waals surface area contributed by atoms with Crippen LogP contribution in [0.2, 0.25) is 0 Å². The highest BCUT2D eigenvalue weighted by atomic mass is 16.5. The number of hydrogen-bond donors (Lipinski definition) is 2.